The predicted octanol–water partition coefficient (Wildman–Crippen LogP) is 5.55. The summed E-state index contributed by atoms with van der Waals surface area (Å²) in [4.78, 5) is 20.6. The molecule has 0 radical (unpaired) electrons. The van der Waals surface area contributed by atoms with Gasteiger partial charge in [0.2, 0.25) is 0 Å². The minimum absolute atomic E-state index is 0.166. The molecule has 0 bridgehead atoms. The molecular formula is C26H31N3OS. The van der Waals surface area contributed by atoms with E-state index in [0.717, 1.165) is 42.5 Å². The van der Waals surface area contributed by atoms with Gasteiger partial charge in [-0.1, -0.05) is 25.1 Å². The Hall–Kier alpha value is -2.50. The molecule has 162 valence electrons. The summed E-state index contributed by atoms with van der Waals surface area (Å²) in [5.41, 5.74) is 4.89. The quantitative estimate of drug-likeness (QED) is 0.532. The highest BCUT2D eigenvalue weighted by atomic mass is 32.1. The largest absolute Gasteiger partial charge is 0.331 e. The molecule has 4 rings (SSSR count). The van der Waals surface area contributed by atoms with Crippen molar-refractivity contribution in [3.8, 4) is 11.1 Å². The summed E-state index contributed by atoms with van der Waals surface area (Å²) in [5, 5.41) is 5.40. The number of rotatable bonds is 7. The van der Waals surface area contributed by atoms with Gasteiger partial charge >= 0.3 is 0 Å². The van der Waals surface area contributed by atoms with Crippen LogP contribution in [0.4, 0.5) is 0 Å². The van der Waals surface area contributed by atoms with E-state index in [-0.39, 0.29) is 11.9 Å². The number of nitrogens with one attached hydrogen (secondary N) is 1. The van der Waals surface area contributed by atoms with Crippen molar-refractivity contribution < 1.29 is 4.79 Å². The number of hydrogen-bond donors (Lipinski definition) is 1. The van der Waals surface area contributed by atoms with Crippen LogP contribution < -0.4 is 5.32 Å². The third-order valence-corrected chi connectivity index (χ3v) is 7.34. The number of thiophene rings is 1. The van der Waals surface area contributed by atoms with Gasteiger partial charge in [0.15, 0.2) is 0 Å². The molecule has 5 heteroatoms. The Morgan fingerprint density at radius 2 is 1.84 bits per heavy atom. The number of benzene rings is 1. The molecule has 0 aliphatic heterocycles. The van der Waals surface area contributed by atoms with E-state index in [2.05, 4.69) is 40.3 Å². The lowest BCUT2D eigenvalue weighted by atomic mass is 9.89. The standard InChI is InChI=1S/C26H31N3OS/c1-3-19-6-7-21(20-12-14-28-15-13-20)17-22(19)18-29(26(30)25-5-4-16-31-25)24-10-8-23(27-2)9-11-24/h4-7,12-17,23-24,27H,3,8-11,18H2,1-2H3. The van der Waals surface area contributed by atoms with E-state index in [1.54, 1.807) is 0 Å². The van der Waals surface area contributed by atoms with Crippen molar-refractivity contribution in [1.82, 2.24) is 15.2 Å². The molecule has 3 aromatic rings. The number of aryl methyl sites for hydroxylation is 1. The Labute approximate surface area is 189 Å². The number of nitrogens with zero attached hydrogens (tertiary/aromatic N) is 2. The van der Waals surface area contributed by atoms with Crippen molar-refractivity contribution in [3.05, 3.63) is 76.2 Å². The van der Waals surface area contributed by atoms with E-state index in [4.69, 9.17) is 0 Å². The van der Waals surface area contributed by atoms with Crippen molar-refractivity contribution in [2.24, 2.45) is 0 Å². The fraction of sp³-hybridized carbons (Fsp3) is 0.385. The van der Waals surface area contributed by atoms with Gasteiger partial charge in [-0.15, -0.1) is 11.3 Å². The van der Waals surface area contributed by atoms with E-state index in [1.807, 2.05) is 49.1 Å². The Balaban J connectivity index is 1.65. The van der Waals surface area contributed by atoms with Crippen molar-refractivity contribution in [2.45, 2.75) is 57.7 Å². The molecule has 1 amide bonds. The summed E-state index contributed by atoms with van der Waals surface area (Å²) in [7, 11) is 2.04. The summed E-state index contributed by atoms with van der Waals surface area (Å²) >= 11 is 1.54. The van der Waals surface area contributed by atoms with Crippen molar-refractivity contribution in [2.75, 3.05) is 7.05 Å². The SMILES string of the molecule is CCc1ccc(-c2ccncc2)cc1CN(C(=O)c1cccs1)C1CCC(NC)CC1. The third kappa shape index (κ3) is 5.05. The molecule has 1 aliphatic rings. The van der Waals surface area contributed by atoms with E-state index in [9.17, 15) is 4.79 Å². The molecule has 1 N–H and O–H groups in total. The molecular weight excluding hydrogens is 402 g/mol. The highest BCUT2D eigenvalue weighted by Gasteiger charge is 2.30. The maximum absolute atomic E-state index is 13.5. The first-order valence-electron chi connectivity index (χ1n) is 11.2. The zero-order valence-corrected chi connectivity index (χ0v) is 19.2. The van der Waals surface area contributed by atoms with Crippen LogP contribution in [-0.4, -0.2) is 34.9 Å². The average molecular weight is 434 g/mol. The second-order valence-electron chi connectivity index (χ2n) is 8.28. The van der Waals surface area contributed by atoms with Crippen molar-refractivity contribution in [1.29, 1.82) is 0 Å². The molecule has 0 unspecified atom stereocenters. The van der Waals surface area contributed by atoms with Crippen LogP contribution in [0, 0.1) is 0 Å². The number of carbonyl (C=O) groups is 1. The molecule has 31 heavy (non-hydrogen) atoms. The lowest BCUT2D eigenvalue weighted by Gasteiger charge is -2.37. The van der Waals surface area contributed by atoms with Gasteiger partial charge in [-0.05, 0) is 91.1 Å². The van der Waals surface area contributed by atoms with E-state index >= 15 is 0 Å². The van der Waals surface area contributed by atoms with Gasteiger partial charge in [0.25, 0.3) is 5.91 Å². The van der Waals surface area contributed by atoms with Gasteiger partial charge in [0, 0.05) is 31.0 Å². The minimum Gasteiger partial charge on any atom is -0.331 e. The number of hydrogen-bond acceptors (Lipinski definition) is 4. The monoisotopic (exact) mass is 433 g/mol. The average Bonchev–Trinajstić information content (AvgIpc) is 3.38. The lowest BCUT2D eigenvalue weighted by Crippen LogP contribution is -2.44. The highest BCUT2D eigenvalue weighted by molar-refractivity contribution is 7.12. The third-order valence-electron chi connectivity index (χ3n) is 6.48. The summed E-state index contributed by atoms with van der Waals surface area (Å²) in [6, 6.07) is 15.5. The topological polar surface area (TPSA) is 45.2 Å². The summed E-state index contributed by atoms with van der Waals surface area (Å²) in [6.07, 6.45) is 8.95. The smallest absolute Gasteiger partial charge is 0.264 e. The maximum Gasteiger partial charge on any atom is 0.264 e. The second-order valence-corrected chi connectivity index (χ2v) is 9.23. The maximum atomic E-state index is 13.5. The summed E-state index contributed by atoms with van der Waals surface area (Å²) in [6.45, 7) is 2.85. The van der Waals surface area contributed by atoms with Gasteiger partial charge in [-0.25, -0.2) is 0 Å². The van der Waals surface area contributed by atoms with Crippen LogP contribution in [0.5, 0.6) is 0 Å². The Bertz CT molecular complexity index is 979. The number of aromatic nitrogens is 1. The zero-order valence-electron chi connectivity index (χ0n) is 18.4. The predicted molar refractivity (Wildman–Crippen MR) is 128 cm³/mol. The Kier molecular flexibility index (Phi) is 7.15. The molecule has 0 saturated heterocycles. The highest BCUT2D eigenvalue weighted by Crippen LogP contribution is 2.29. The first-order chi connectivity index (χ1) is 15.2. The van der Waals surface area contributed by atoms with Crippen LogP contribution in [0.25, 0.3) is 11.1 Å². The van der Waals surface area contributed by atoms with Crippen LogP contribution in [0.1, 0.15) is 53.4 Å². The minimum atomic E-state index is 0.166. The molecule has 1 fully saturated rings. The lowest BCUT2D eigenvalue weighted by molar-refractivity contribution is 0.0605. The van der Waals surface area contributed by atoms with Gasteiger partial charge in [-0.3, -0.25) is 9.78 Å². The molecule has 0 spiro atoms. The fourth-order valence-corrected chi connectivity index (χ4v) is 5.29. The van der Waals surface area contributed by atoms with E-state index in [0.29, 0.717) is 12.6 Å². The first kappa shape index (κ1) is 21.7. The fourth-order valence-electron chi connectivity index (χ4n) is 4.61. The Morgan fingerprint density at radius 3 is 2.48 bits per heavy atom. The van der Waals surface area contributed by atoms with Crippen LogP contribution >= 0.6 is 11.3 Å². The molecule has 0 atom stereocenters. The van der Waals surface area contributed by atoms with Gasteiger partial charge in [0.1, 0.15) is 0 Å². The van der Waals surface area contributed by atoms with Gasteiger partial charge in [0.05, 0.1) is 4.88 Å². The van der Waals surface area contributed by atoms with Crippen LogP contribution in [-0.2, 0) is 13.0 Å². The number of pyridine rings is 1. The molecule has 1 saturated carbocycles. The van der Waals surface area contributed by atoms with Crippen LogP contribution in [0.3, 0.4) is 0 Å². The summed E-state index contributed by atoms with van der Waals surface area (Å²) in [5.74, 6) is 0.166. The van der Waals surface area contributed by atoms with E-state index < -0.39 is 0 Å². The zero-order chi connectivity index (χ0) is 21.6. The van der Waals surface area contributed by atoms with Crippen molar-refractivity contribution in [3.63, 3.8) is 0 Å². The van der Waals surface area contributed by atoms with E-state index in [1.165, 1.54) is 28.0 Å². The summed E-state index contributed by atoms with van der Waals surface area (Å²) < 4.78 is 0. The molecule has 4 nitrogen and oxygen atoms in total. The number of carbonyl (C=O) groups excluding carboxylic acids is 1. The normalized spacial score (nSPS) is 18.6. The number of amides is 1. The Morgan fingerprint density at radius 1 is 1.06 bits per heavy atom. The molecule has 1 aromatic carbocycles. The molecule has 2 aromatic heterocycles. The van der Waals surface area contributed by atoms with Crippen molar-refractivity contribution >= 4 is 17.2 Å². The second kappa shape index (κ2) is 10.2. The first-order valence-corrected chi connectivity index (χ1v) is 12.1. The van der Waals surface area contributed by atoms with Gasteiger partial charge < -0.3 is 10.2 Å². The van der Waals surface area contributed by atoms with Crippen LogP contribution in [0.15, 0.2) is 60.2 Å². The molecule has 1 aliphatic carbocycles. The van der Waals surface area contributed by atoms with Crippen LogP contribution in [0.2, 0.25) is 0 Å². The van der Waals surface area contributed by atoms with Gasteiger partial charge in [-0.2, -0.15) is 0 Å². The molecule has 2 heterocycles.